The van der Waals surface area contributed by atoms with Gasteiger partial charge in [0.15, 0.2) is 0 Å². The molecule has 0 saturated heterocycles. The predicted octanol–water partition coefficient (Wildman–Crippen LogP) is 14.6. The minimum Gasteiger partial charge on any atom is -0.292 e. The van der Waals surface area contributed by atoms with Crippen LogP contribution in [-0.2, 0) is 5.41 Å². The van der Waals surface area contributed by atoms with Gasteiger partial charge in [0.1, 0.15) is 5.82 Å². The Morgan fingerprint density at radius 2 is 1.09 bits per heavy atom. The van der Waals surface area contributed by atoms with Crippen molar-refractivity contribution in [3.8, 4) is 61.6 Å². The quantitative estimate of drug-likeness (QED) is 0.179. The first-order valence-electron chi connectivity index (χ1n) is 19.6. The Morgan fingerprint density at radius 3 is 1.91 bits per heavy atom. The average Bonchev–Trinajstić information content (AvgIpc) is 3.74. The van der Waals surface area contributed by atoms with Crippen LogP contribution in [0.3, 0.4) is 0 Å². The molecule has 270 valence electrons. The van der Waals surface area contributed by atoms with Gasteiger partial charge in [0.2, 0.25) is 0 Å². The second-order valence-corrected chi connectivity index (χ2v) is 16.6. The largest absolute Gasteiger partial charge is 0.292 e. The lowest BCUT2D eigenvalue weighted by Gasteiger charge is -2.23. The maximum absolute atomic E-state index is 5.29. The first-order valence-corrected chi connectivity index (χ1v) is 20.4. The van der Waals surface area contributed by atoms with Gasteiger partial charge in [0.25, 0.3) is 0 Å². The zero-order valence-electron chi connectivity index (χ0n) is 31.8. The molecular weight excluding hydrogens is 709 g/mol. The van der Waals surface area contributed by atoms with Crippen LogP contribution in [-0.4, -0.2) is 9.55 Å². The summed E-state index contributed by atoms with van der Waals surface area (Å²) in [4.78, 5) is 7.81. The predicted molar refractivity (Wildman–Crippen MR) is 240 cm³/mol. The Kier molecular flexibility index (Phi) is 7.80. The normalized spacial score (nSPS) is 14.0. The van der Waals surface area contributed by atoms with Gasteiger partial charge in [-0.15, -0.1) is 0 Å². The lowest BCUT2D eigenvalue weighted by atomic mass is 9.82. The molecular formula is C54H38N2S. The van der Waals surface area contributed by atoms with Gasteiger partial charge in [-0.05, 0) is 115 Å². The molecule has 3 heteroatoms. The molecule has 0 spiro atoms. The van der Waals surface area contributed by atoms with Crippen LogP contribution in [0.5, 0.6) is 0 Å². The highest BCUT2D eigenvalue weighted by Crippen LogP contribution is 2.53. The lowest BCUT2D eigenvalue weighted by molar-refractivity contribution is 0.659. The van der Waals surface area contributed by atoms with Gasteiger partial charge < -0.3 is 0 Å². The van der Waals surface area contributed by atoms with Gasteiger partial charge in [-0.1, -0.05) is 171 Å². The Hall–Kier alpha value is -6.68. The van der Waals surface area contributed by atoms with E-state index < -0.39 is 0 Å². The zero-order valence-corrected chi connectivity index (χ0v) is 32.6. The molecule has 1 aliphatic carbocycles. The standard InChI is InChI=1S/C54H38N2S/c1-54(2)47-23-13-11-21-42(47)45-33-46-44-31-38(39-29-30-50-49(32-39)55-53(37-16-5-3-6-17-37)56(50)40-18-7-4-8-19-40)28-27-36(44)26-25-35-15-9-10-20-41(35)43-22-12-14-24-51(43)57-52(46)34-48(45)54/h3-34H,1-2H3/b26-25-. The monoisotopic (exact) mass is 746 g/mol. The Bertz CT molecular complexity index is 3060. The van der Waals surface area contributed by atoms with E-state index >= 15 is 0 Å². The summed E-state index contributed by atoms with van der Waals surface area (Å²) < 4.78 is 2.28. The second kappa shape index (κ2) is 13.2. The Labute approximate surface area is 337 Å². The summed E-state index contributed by atoms with van der Waals surface area (Å²) in [5, 5.41) is 0. The fourth-order valence-corrected chi connectivity index (χ4v) is 10.1. The Balaban J connectivity index is 1.14. The molecule has 0 bridgehead atoms. The second-order valence-electron chi connectivity index (χ2n) is 15.6. The van der Waals surface area contributed by atoms with Crippen molar-refractivity contribution in [1.29, 1.82) is 0 Å². The number of aromatic nitrogens is 2. The summed E-state index contributed by atoms with van der Waals surface area (Å²) in [6, 6.07) is 66.3. The lowest BCUT2D eigenvalue weighted by Crippen LogP contribution is -2.15. The zero-order chi connectivity index (χ0) is 38.1. The number of hydrogen-bond donors (Lipinski definition) is 0. The van der Waals surface area contributed by atoms with Crippen LogP contribution in [0.25, 0.3) is 84.8 Å². The molecule has 11 rings (SSSR count). The van der Waals surface area contributed by atoms with E-state index in [-0.39, 0.29) is 5.41 Å². The van der Waals surface area contributed by atoms with Crippen LogP contribution >= 0.6 is 11.8 Å². The van der Waals surface area contributed by atoms with Crippen LogP contribution in [0.1, 0.15) is 36.1 Å². The molecule has 57 heavy (non-hydrogen) atoms. The molecule has 0 amide bonds. The van der Waals surface area contributed by atoms with Gasteiger partial charge in [0.05, 0.1) is 11.0 Å². The number of rotatable bonds is 3. The van der Waals surface area contributed by atoms with Crippen LogP contribution in [0.2, 0.25) is 0 Å². The van der Waals surface area contributed by atoms with Crippen molar-refractivity contribution in [1.82, 2.24) is 9.55 Å². The third-order valence-electron chi connectivity index (χ3n) is 11.9. The van der Waals surface area contributed by atoms with Gasteiger partial charge in [-0.25, -0.2) is 4.98 Å². The molecule has 9 aromatic rings. The van der Waals surface area contributed by atoms with E-state index in [0.29, 0.717) is 0 Å². The number of imidazole rings is 1. The molecule has 0 atom stereocenters. The molecule has 8 aromatic carbocycles. The maximum atomic E-state index is 5.29. The third-order valence-corrected chi connectivity index (χ3v) is 13.0. The summed E-state index contributed by atoms with van der Waals surface area (Å²) in [5.74, 6) is 0.934. The smallest absolute Gasteiger partial charge is 0.145 e. The van der Waals surface area contributed by atoms with Gasteiger partial charge in [-0.2, -0.15) is 0 Å². The van der Waals surface area contributed by atoms with Crippen LogP contribution in [0.4, 0.5) is 0 Å². The molecule has 0 radical (unpaired) electrons. The number of hydrogen-bond acceptors (Lipinski definition) is 2. The van der Waals surface area contributed by atoms with Gasteiger partial charge in [-0.3, -0.25) is 4.57 Å². The molecule has 0 fully saturated rings. The highest BCUT2D eigenvalue weighted by atomic mass is 32.2. The highest BCUT2D eigenvalue weighted by Gasteiger charge is 2.36. The maximum Gasteiger partial charge on any atom is 0.145 e. The van der Waals surface area contributed by atoms with Gasteiger partial charge in [0, 0.05) is 26.5 Å². The Morgan fingerprint density at radius 1 is 0.439 bits per heavy atom. The molecule has 2 aliphatic rings. The van der Waals surface area contributed by atoms with E-state index in [4.69, 9.17) is 4.98 Å². The van der Waals surface area contributed by atoms with E-state index in [0.717, 1.165) is 39.2 Å². The van der Waals surface area contributed by atoms with Crippen LogP contribution in [0.15, 0.2) is 192 Å². The molecule has 0 unspecified atom stereocenters. The molecule has 0 N–H and O–H groups in total. The van der Waals surface area contributed by atoms with Crippen molar-refractivity contribution in [2.75, 3.05) is 0 Å². The van der Waals surface area contributed by atoms with Crippen molar-refractivity contribution < 1.29 is 0 Å². The SMILES string of the molecule is CC1(C)c2ccccc2-c2cc3c(cc21)Sc1ccccc1-c1ccccc1/C=C\c1ccc(-c2ccc4c(c2)nc(-c2ccccc2)n4-c2ccccc2)cc1-3. The topological polar surface area (TPSA) is 17.8 Å². The average molecular weight is 747 g/mol. The molecule has 1 aromatic heterocycles. The summed E-state index contributed by atoms with van der Waals surface area (Å²) in [6.07, 6.45) is 4.60. The third kappa shape index (κ3) is 5.53. The number of benzene rings is 8. The van der Waals surface area contributed by atoms with E-state index in [1.165, 1.54) is 65.4 Å². The number of para-hydroxylation sites is 1. The highest BCUT2D eigenvalue weighted by molar-refractivity contribution is 7.99. The van der Waals surface area contributed by atoms with Crippen LogP contribution in [0, 0.1) is 0 Å². The van der Waals surface area contributed by atoms with E-state index in [9.17, 15) is 0 Å². The van der Waals surface area contributed by atoms with Crippen LogP contribution < -0.4 is 0 Å². The fraction of sp³-hybridized carbons (Fsp3) is 0.0556. The minimum atomic E-state index is -0.110. The molecule has 1 aliphatic heterocycles. The van der Waals surface area contributed by atoms with Crippen molar-refractivity contribution in [3.05, 3.63) is 204 Å². The fourth-order valence-electron chi connectivity index (χ4n) is 8.98. The number of nitrogens with zero attached hydrogens (tertiary/aromatic N) is 2. The first kappa shape index (κ1) is 33.6. The van der Waals surface area contributed by atoms with E-state index in [1.807, 2.05) is 11.8 Å². The summed E-state index contributed by atoms with van der Waals surface area (Å²) in [7, 11) is 0. The number of fused-ring (bicyclic) bond motifs is 10. The summed E-state index contributed by atoms with van der Waals surface area (Å²) in [6.45, 7) is 4.74. The first-order chi connectivity index (χ1) is 28.0. The summed E-state index contributed by atoms with van der Waals surface area (Å²) in [5.41, 5.74) is 19.2. The molecule has 2 heterocycles. The van der Waals surface area contributed by atoms with Crippen molar-refractivity contribution in [3.63, 3.8) is 0 Å². The van der Waals surface area contributed by atoms with Crippen molar-refractivity contribution in [2.45, 2.75) is 29.1 Å². The molecule has 2 nitrogen and oxygen atoms in total. The minimum absolute atomic E-state index is 0.110. The summed E-state index contributed by atoms with van der Waals surface area (Å²) >= 11 is 1.88. The van der Waals surface area contributed by atoms with Crippen molar-refractivity contribution in [2.24, 2.45) is 0 Å². The molecule has 0 saturated carbocycles. The van der Waals surface area contributed by atoms with Crippen molar-refractivity contribution >= 4 is 34.9 Å². The van der Waals surface area contributed by atoms with E-state index in [1.54, 1.807) is 0 Å². The van der Waals surface area contributed by atoms with E-state index in [2.05, 4.69) is 213 Å². The van der Waals surface area contributed by atoms with Gasteiger partial charge >= 0.3 is 0 Å².